The molecule has 21 heavy (non-hydrogen) atoms. The van der Waals surface area contributed by atoms with Crippen molar-refractivity contribution in [1.29, 1.82) is 0 Å². The number of unbranched alkanes of at least 4 members (excludes halogenated alkanes) is 1. The van der Waals surface area contributed by atoms with Crippen molar-refractivity contribution in [2.45, 2.75) is 52.9 Å². The molecule has 1 amide bonds. The second kappa shape index (κ2) is 11.1. The van der Waals surface area contributed by atoms with Crippen LogP contribution in [0.25, 0.3) is 0 Å². The molecule has 1 fully saturated rings. The van der Waals surface area contributed by atoms with E-state index in [-0.39, 0.29) is 24.7 Å². The van der Waals surface area contributed by atoms with Crippen LogP contribution in [0, 0.1) is 5.92 Å². The highest BCUT2D eigenvalue weighted by molar-refractivity contribution is 5.86. The molecule has 1 unspecified atom stereocenters. The van der Waals surface area contributed by atoms with Gasteiger partial charge in [0.15, 0.2) is 0 Å². The zero-order valence-corrected chi connectivity index (χ0v) is 13.3. The smallest absolute Gasteiger partial charge is 0.311 e. The van der Waals surface area contributed by atoms with Gasteiger partial charge in [-0.15, -0.1) is 0 Å². The van der Waals surface area contributed by atoms with Crippen LogP contribution in [0.1, 0.15) is 52.9 Å². The second-order valence-corrected chi connectivity index (χ2v) is 4.76. The van der Waals surface area contributed by atoms with E-state index in [9.17, 15) is 14.4 Å². The molecule has 0 saturated carbocycles. The summed E-state index contributed by atoms with van der Waals surface area (Å²) in [6, 6.07) is 0. The number of carboxylic acid groups (broad SMARTS) is 1. The molecule has 0 aliphatic carbocycles. The van der Waals surface area contributed by atoms with E-state index in [1.54, 1.807) is 4.90 Å². The van der Waals surface area contributed by atoms with Crippen molar-refractivity contribution in [3.05, 3.63) is 0 Å². The van der Waals surface area contributed by atoms with Gasteiger partial charge >= 0.3 is 11.9 Å². The normalized spacial score (nSPS) is 17.2. The van der Waals surface area contributed by atoms with E-state index < -0.39 is 11.9 Å². The van der Waals surface area contributed by atoms with E-state index in [0.29, 0.717) is 26.1 Å². The SMILES string of the molecule is CC.CCCCOC(=O)C1CC(=O)N(CCCC(=O)O)C1. The van der Waals surface area contributed by atoms with Crippen molar-refractivity contribution in [3.63, 3.8) is 0 Å². The summed E-state index contributed by atoms with van der Waals surface area (Å²) in [6.45, 7) is 7.16. The van der Waals surface area contributed by atoms with Gasteiger partial charge in [-0.05, 0) is 12.8 Å². The number of nitrogens with zero attached hydrogens (tertiary/aromatic N) is 1. The fourth-order valence-corrected chi connectivity index (χ4v) is 2.00. The topological polar surface area (TPSA) is 83.9 Å². The van der Waals surface area contributed by atoms with Crippen LogP contribution < -0.4 is 0 Å². The number of rotatable bonds is 8. The number of amides is 1. The lowest BCUT2D eigenvalue weighted by molar-refractivity contribution is -0.148. The summed E-state index contributed by atoms with van der Waals surface area (Å²) in [5.74, 6) is -1.68. The molecule has 1 atom stereocenters. The first-order chi connectivity index (χ1) is 10.0. The molecule has 0 radical (unpaired) electrons. The minimum absolute atomic E-state index is 0.0371. The van der Waals surface area contributed by atoms with Gasteiger partial charge in [-0.25, -0.2) is 0 Å². The Morgan fingerprint density at radius 3 is 2.57 bits per heavy atom. The fourth-order valence-electron chi connectivity index (χ4n) is 2.00. The van der Waals surface area contributed by atoms with Gasteiger partial charge in [0.1, 0.15) is 0 Å². The number of hydrogen-bond donors (Lipinski definition) is 1. The van der Waals surface area contributed by atoms with Gasteiger partial charge in [0.05, 0.1) is 12.5 Å². The third-order valence-corrected chi connectivity index (χ3v) is 3.11. The van der Waals surface area contributed by atoms with Crippen LogP contribution in [0.5, 0.6) is 0 Å². The van der Waals surface area contributed by atoms with Gasteiger partial charge in [0.25, 0.3) is 0 Å². The summed E-state index contributed by atoms with van der Waals surface area (Å²) in [4.78, 5) is 35.3. The van der Waals surface area contributed by atoms with E-state index in [4.69, 9.17) is 9.84 Å². The zero-order chi connectivity index (χ0) is 16.3. The predicted octanol–water partition coefficient (Wildman–Crippen LogP) is 2.07. The lowest BCUT2D eigenvalue weighted by atomic mass is 10.1. The van der Waals surface area contributed by atoms with E-state index in [1.807, 2.05) is 20.8 Å². The van der Waals surface area contributed by atoms with Gasteiger partial charge in [0, 0.05) is 25.9 Å². The Labute approximate surface area is 126 Å². The predicted molar refractivity (Wildman–Crippen MR) is 78.8 cm³/mol. The van der Waals surface area contributed by atoms with Crippen LogP contribution in [0.2, 0.25) is 0 Å². The van der Waals surface area contributed by atoms with Crippen LogP contribution in [-0.4, -0.2) is 47.5 Å². The quantitative estimate of drug-likeness (QED) is 0.548. The summed E-state index contributed by atoms with van der Waals surface area (Å²) in [6.07, 6.45) is 2.42. The Balaban J connectivity index is 0.00000191. The van der Waals surface area contributed by atoms with Gasteiger partial charge in [-0.1, -0.05) is 27.2 Å². The molecule has 1 N–H and O–H groups in total. The third kappa shape index (κ3) is 7.68. The molecular weight excluding hydrogens is 274 g/mol. The number of carbonyl (C=O) groups excluding carboxylic acids is 2. The molecular formula is C15H27NO5. The molecule has 1 saturated heterocycles. The van der Waals surface area contributed by atoms with E-state index in [2.05, 4.69) is 0 Å². The molecule has 122 valence electrons. The van der Waals surface area contributed by atoms with Gasteiger partial charge in [0.2, 0.25) is 5.91 Å². The fraction of sp³-hybridized carbons (Fsp3) is 0.800. The minimum Gasteiger partial charge on any atom is -0.481 e. The first-order valence-corrected chi connectivity index (χ1v) is 7.70. The second-order valence-electron chi connectivity index (χ2n) is 4.76. The van der Waals surface area contributed by atoms with Gasteiger partial charge in [-0.3, -0.25) is 14.4 Å². The van der Waals surface area contributed by atoms with Crippen LogP contribution in [0.4, 0.5) is 0 Å². The summed E-state index contributed by atoms with van der Waals surface area (Å²) >= 11 is 0. The molecule has 0 spiro atoms. The van der Waals surface area contributed by atoms with Crippen molar-refractivity contribution in [2.75, 3.05) is 19.7 Å². The molecule has 6 nitrogen and oxygen atoms in total. The molecule has 0 aromatic heterocycles. The summed E-state index contributed by atoms with van der Waals surface area (Å²) in [5, 5.41) is 8.54. The Morgan fingerprint density at radius 1 is 1.33 bits per heavy atom. The maximum Gasteiger partial charge on any atom is 0.311 e. The van der Waals surface area contributed by atoms with Gasteiger partial charge in [-0.2, -0.15) is 0 Å². The van der Waals surface area contributed by atoms with E-state index >= 15 is 0 Å². The Morgan fingerprint density at radius 2 is 2.00 bits per heavy atom. The molecule has 0 bridgehead atoms. The molecule has 1 rings (SSSR count). The highest BCUT2D eigenvalue weighted by atomic mass is 16.5. The molecule has 6 heteroatoms. The monoisotopic (exact) mass is 301 g/mol. The number of likely N-dealkylation sites (tertiary alicyclic amines) is 1. The Hall–Kier alpha value is -1.59. The lowest BCUT2D eigenvalue weighted by Crippen LogP contribution is -2.28. The highest BCUT2D eigenvalue weighted by Crippen LogP contribution is 2.19. The number of ether oxygens (including phenoxy) is 1. The maximum absolute atomic E-state index is 11.7. The Bertz CT molecular complexity index is 343. The van der Waals surface area contributed by atoms with Gasteiger partial charge < -0.3 is 14.7 Å². The van der Waals surface area contributed by atoms with Crippen LogP contribution >= 0.6 is 0 Å². The van der Waals surface area contributed by atoms with Crippen LogP contribution in [-0.2, 0) is 19.1 Å². The first kappa shape index (κ1) is 19.4. The largest absolute Gasteiger partial charge is 0.481 e. The highest BCUT2D eigenvalue weighted by Gasteiger charge is 2.34. The first-order valence-electron chi connectivity index (χ1n) is 7.70. The van der Waals surface area contributed by atoms with Crippen LogP contribution in [0.15, 0.2) is 0 Å². The summed E-state index contributed by atoms with van der Waals surface area (Å²) < 4.78 is 5.09. The number of aliphatic carboxylic acids is 1. The number of esters is 1. The van der Waals surface area contributed by atoms with Crippen molar-refractivity contribution in [2.24, 2.45) is 5.92 Å². The van der Waals surface area contributed by atoms with Crippen molar-refractivity contribution < 1.29 is 24.2 Å². The van der Waals surface area contributed by atoms with Crippen molar-refractivity contribution in [1.82, 2.24) is 4.90 Å². The van der Waals surface area contributed by atoms with E-state index in [0.717, 1.165) is 12.8 Å². The summed E-state index contributed by atoms with van der Waals surface area (Å²) in [5.41, 5.74) is 0. The maximum atomic E-state index is 11.7. The third-order valence-electron chi connectivity index (χ3n) is 3.11. The molecule has 1 heterocycles. The Kier molecular flexibility index (Phi) is 10.3. The van der Waals surface area contributed by atoms with E-state index in [1.165, 1.54) is 0 Å². The molecule has 0 aromatic rings. The van der Waals surface area contributed by atoms with Crippen molar-refractivity contribution >= 4 is 17.8 Å². The average Bonchev–Trinajstić information content (AvgIpc) is 2.82. The molecule has 0 aromatic carbocycles. The number of hydrogen-bond acceptors (Lipinski definition) is 4. The minimum atomic E-state index is -0.873. The average molecular weight is 301 g/mol. The number of carboxylic acids is 1. The standard InChI is InChI=1S/C13H21NO5.C2H6/c1-2-3-7-19-13(18)10-8-11(15)14(9-10)6-4-5-12(16)17;1-2/h10H,2-9H2,1H3,(H,16,17);1-2H3. The lowest BCUT2D eigenvalue weighted by Gasteiger charge is -2.15. The van der Waals surface area contributed by atoms with Crippen molar-refractivity contribution in [3.8, 4) is 0 Å². The zero-order valence-electron chi connectivity index (χ0n) is 13.3. The molecule has 1 aliphatic rings. The number of carbonyl (C=O) groups is 3. The summed E-state index contributed by atoms with van der Waals surface area (Å²) in [7, 11) is 0. The van der Waals surface area contributed by atoms with Crippen LogP contribution in [0.3, 0.4) is 0 Å². The molecule has 1 aliphatic heterocycles.